The number of furan rings is 1. The maximum atomic E-state index is 6.37. The van der Waals surface area contributed by atoms with E-state index in [-0.39, 0.29) is 0 Å². The number of hydrogen-bond acceptors (Lipinski definition) is 2. The van der Waals surface area contributed by atoms with Gasteiger partial charge in [0.1, 0.15) is 17.3 Å². The van der Waals surface area contributed by atoms with Crippen molar-refractivity contribution in [1.29, 1.82) is 0 Å². The minimum absolute atomic E-state index is 0.836. The van der Waals surface area contributed by atoms with E-state index in [1.165, 1.54) is 11.1 Å². The molecule has 134 valence electrons. The summed E-state index contributed by atoms with van der Waals surface area (Å²) in [7, 11) is 1.67. The highest BCUT2D eigenvalue weighted by atomic mass is 16.5. The van der Waals surface area contributed by atoms with Crippen LogP contribution in [0.2, 0.25) is 0 Å². The molecule has 1 heterocycles. The molecule has 2 nitrogen and oxygen atoms in total. The molecule has 27 heavy (non-hydrogen) atoms. The van der Waals surface area contributed by atoms with Crippen LogP contribution in [0.15, 0.2) is 83.3 Å². The second-order valence-corrected chi connectivity index (χ2v) is 6.82. The summed E-state index contributed by atoms with van der Waals surface area (Å²) in [6, 6.07) is 27.1. The normalized spacial score (nSPS) is 10.8. The van der Waals surface area contributed by atoms with E-state index in [1.54, 1.807) is 7.11 Å². The Morgan fingerprint density at radius 2 is 1.30 bits per heavy atom. The third-order valence-electron chi connectivity index (χ3n) is 4.72. The average molecular weight is 354 g/mol. The van der Waals surface area contributed by atoms with E-state index in [9.17, 15) is 0 Å². The third-order valence-corrected chi connectivity index (χ3v) is 4.72. The lowest BCUT2D eigenvalue weighted by Gasteiger charge is -2.05. The van der Waals surface area contributed by atoms with E-state index in [0.717, 1.165) is 39.5 Å². The Labute approximate surface area is 160 Å². The van der Waals surface area contributed by atoms with Crippen LogP contribution in [-0.4, -0.2) is 7.11 Å². The third kappa shape index (κ3) is 3.52. The Balaban J connectivity index is 1.88. The maximum absolute atomic E-state index is 6.37. The second kappa shape index (κ2) is 7.16. The first-order chi connectivity index (χ1) is 13.1. The lowest BCUT2D eigenvalue weighted by molar-refractivity contribution is 0.415. The molecule has 0 amide bonds. The van der Waals surface area contributed by atoms with Gasteiger partial charge in [0.25, 0.3) is 0 Å². The van der Waals surface area contributed by atoms with E-state index in [2.05, 4.69) is 68.4 Å². The minimum Gasteiger partial charge on any atom is -0.497 e. The van der Waals surface area contributed by atoms with E-state index in [1.807, 2.05) is 24.3 Å². The topological polar surface area (TPSA) is 22.4 Å². The number of rotatable bonds is 4. The molecule has 1 aromatic heterocycles. The predicted molar refractivity (Wildman–Crippen MR) is 111 cm³/mol. The van der Waals surface area contributed by atoms with Crippen molar-refractivity contribution in [1.82, 2.24) is 0 Å². The first-order valence-electron chi connectivity index (χ1n) is 9.06. The van der Waals surface area contributed by atoms with Crippen molar-refractivity contribution in [3.05, 3.63) is 90.0 Å². The molecule has 0 bridgehead atoms. The number of hydrogen-bond donors (Lipinski definition) is 0. The fourth-order valence-corrected chi connectivity index (χ4v) is 3.32. The van der Waals surface area contributed by atoms with Gasteiger partial charge in [0.2, 0.25) is 0 Å². The van der Waals surface area contributed by atoms with E-state index >= 15 is 0 Å². The first-order valence-corrected chi connectivity index (χ1v) is 9.06. The Kier molecular flexibility index (Phi) is 4.55. The predicted octanol–water partition coefficient (Wildman–Crippen LogP) is 6.91. The van der Waals surface area contributed by atoms with Crippen molar-refractivity contribution in [2.45, 2.75) is 13.8 Å². The van der Waals surface area contributed by atoms with Gasteiger partial charge in [-0.3, -0.25) is 0 Å². The van der Waals surface area contributed by atoms with E-state index < -0.39 is 0 Å². The zero-order valence-corrected chi connectivity index (χ0v) is 15.8. The average Bonchev–Trinajstić information content (AvgIpc) is 3.14. The fourth-order valence-electron chi connectivity index (χ4n) is 3.32. The molecule has 0 unspecified atom stereocenters. The molecule has 0 radical (unpaired) electrons. The Hall–Kier alpha value is -3.26. The van der Waals surface area contributed by atoms with E-state index in [4.69, 9.17) is 9.15 Å². The van der Waals surface area contributed by atoms with Crippen LogP contribution < -0.4 is 4.74 Å². The van der Waals surface area contributed by atoms with Crippen molar-refractivity contribution in [2.24, 2.45) is 0 Å². The fraction of sp³-hybridized carbons (Fsp3) is 0.120. The SMILES string of the molecule is COc1ccc(-c2cc(-c3cccc(C)c3)c(-c3cccc(C)c3)o2)cc1. The molecule has 0 atom stereocenters. The first kappa shape index (κ1) is 17.2. The molecule has 0 saturated carbocycles. The van der Waals surface area contributed by atoms with Crippen LogP contribution in [0.4, 0.5) is 0 Å². The Bertz CT molecular complexity index is 1010. The van der Waals surface area contributed by atoms with Crippen molar-refractivity contribution >= 4 is 0 Å². The van der Waals surface area contributed by atoms with Crippen LogP contribution in [0.1, 0.15) is 11.1 Å². The van der Waals surface area contributed by atoms with Gasteiger partial charge in [0.05, 0.1) is 7.11 Å². The van der Waals surface area contributed by atoms with Gasteiger partial charge >= 0.3 is 0 Å². The highest BCUT2D eigenvalue weighted by Crippen LogP contribution is 2.39. The molecular formula is C25H22O2. The molecule has 2 heteroatoms. The lowest BCUT2D eigenvalue weighted by Crippen LogP contribution is -1.82. The summed E-state index contributed by atoms with van der Waals surface area (Å²) in [5.41, 5.74) is 6.83. The van der Waals surface area contributed by atoms with Crippen LogP contribution in [-0.2, 0) is 0 Å². The van der Waals surface area contributed by atoms with Crippen molar-refractivity contribution < 1.29 is 9.15 Å². The van der Waals surface area contributed by atoms with E-state index in [0.29, 0.717) is 0 Å². The molecular weight excluding hydrogens is 332 g/mol. The lowest BCUT2D eigenvalue weighted by atomic mass is 9.99. The highest BCUT2D eigenvalue weighted by molar-refractivity contribution is 5.84. The smallest absolute Gasteiger partial charge is 0.142 e. The number of ether oxygens (including phenoxy) is 1. The summed E-state index contributed by atoms with van der Waals surface area (Å²) in [6.07, 6.45) is 0. The molecule has 0 spiro atoms. The van der Waals surface area contributed by atoms with Gasteiger partial charge in [0.15, 0.2) is 0 Å². The van der Waals surface area contributed by atoms with Gasteiger partial charge in [-0.05, 0) is 55.8 Å². The number of aryl methyl sites for hydroxylation is 2. The quantitative estimate of drug-likeness (QED) is 0.397. The van der Waals surface area contributed by atoms with Gasteiger partial charge in [-0.2, -0.15) is 0 Å². The molecule has 0 fully saturated rings. The second-order valence-electron chi connectivity index (χ2n) is 6.82. The molecule has 0 saturated heterocycles. The van der Waals surface area contributed by atoms with Crippen molar-refractivity contribution in [2.75, 3.05) is 7.11 Å². The van der Waals surface area contributed by atoms with Gasteiger partial charge in [0, 0.05) is 16.7 Å². The van der Waals surface area contributed by atoms with Crippen LogP contribution in [0.25, 0.3) is 33.8 Å². The molecule has 0 N–H and O–H groups in total. The van der Waals surface area contributed by atoms with Crippen LogP contribution >= 0.6 is 0 Å². The molecule has 0 aliphatic carbocycles. The molecule has 0 aliphatic rings. The summed E-state index contributed by atoms with van der Waals surface area (Å²) in [6.45, 7) is 4.21. The van der Waals surface area contributed by atoms with Crippen molar-refractivity contribution in [3.8, 4) is 39.5 Å². The summed E-state index contributed by atoms with van der Waals surface area (Å²) in [5, 5.41) is 0. The van der Waals surface area contributed by atoms with Gasteiger partial charge in [-0.25, -0.2) is 0 Å². The van der Waals surface area contributed by atoms with Crippen LogP contribution in [0.5, 0.6) is 5.75 Å². The van der Waals surface area contributed by atoms with Crippen LogP contribution in [0, 0.1) is 13.8 Å². The Morgan fingerprint density at radius 3 is 1.93 bits per heavy atom. The summed E-state index contributed by atoms with van der Waals surface area (Å²) < 4.78 is 11.6. The van der Waals surface area contributed by atoms with Gasteiger partial charge < -0.3 is 9.15 Å². The monoisotopic (exact) mass is 354 g/mol. The molecule has 3 aromatic carbocycles. The Morgan fingerprint density at radius 1 is 0.667 bits per heavy atom. The standard InChI is InChI=1S/C25H22O2/c1-17-6-4-8-20(14-17)23-16-24(19-10-12-22(26-3)13-11-19)27-25(23)21-9-5-7-18(2)15-21/h4-16H,1-3H3. The van der Waals surface area contributed by atoms with Crippen molar-refractivity contribution in [3.63, 3.8) is 0 Å². The molecule has 4 aromatic rings. The summed E-state index contributed by atoms with van der Waals surface area (Å²) >= 11 is 0. The largest absolute Gasteiger partial charge is 0.497 e. The van der Waals surface area contributed by atoms with Gasteiger partial charge in [-0.15, -0.1) is 0 Å². The summed E-state index contributed by atoms with van der Waals surface area (Å²) in [4.78, 5) is 0. The maximum Gasteiger partial charge on any atom is 0.142 e. The zero-order chi connectivity index (χ0) is 18.8. The highest BCUT2D eigenvalue weighted by Gasteiger charge is 2.16. The summed E-state index contributed by atoms with van der Waals surface area (Å²) in [5.74, 6) is 2.59. The molecule has 0 aliphatic heterocycles. The van der Waals surface area contributed by atoms with Gasteiger partial charge in [-0.1, -0.05) is 53.6 Å². The zero-order valence-electron chi connectivity index (χ0n) is 15.8. The van der Waals surface area contributed by atoms with Crippen LogP contribution in [0.3, 0.4) is 0 Å². The molecule has 4 rings (SSSR count). The number of benzene rings is 3. The minimum atomic E-state index is 0.836. The number of methoxy groups -OCH3 is 1.